The van der Waals surface area contributed by atoms with Crippen molar-refractivity contribution in [2.75, 3.05) is 11.4 Å². The molecule has 0 aliphatic heterocycles. The lowest BCUT2D eigenvalue weighted by Crippen LogP contribution is -2.32. The average Bonchev–Trinajstić information content (AvgIpc) is 2.40. The van der Waals surface area contributed by atoms with Crippen LogP contribution in [0.5, 0.6) is 0 Å². The van der Waals surface area contributed by atoms with Gasteiger partial charge < -0.3 is 15.1 Å². The van der Waals surface area contributed by atoms with Crippen LogP contribution >= 0.6 is 0 Å². The smallest absolute Gasteiger partial charge is 0.169 e. The van der Waals surface area contributed by atoms with Crippen LogP contribution in [0.15, 0.2) is 43.1 Å². The molecule has 0 radical (unpaired) electrons. The first-order chi connectivity index (χ1) is 8.75. The number of anilines is 1. The Bertz CT molecular complexity index is 464. The molecule has 94 valence electrons. The first-order valence-corrected chi connectivity index (χ1v) is 5.51. The second-order valence-electron chi connectivity index (χ2n) is 3.80. The highest BCUT2D eigenvalue weighted by atomic mass is 16.5. The Balaban J connectivity index is 2.16. The highest BCUT2D eigenvalue weighted by molar-refractivity contribution is 5.38. The second-order valence-corrected chi connectivity index (χ2v) is 3.80. The fourth-order valence-corrected chi connectivity index (χ4v) is 1.61. The molecule has 2 N–H and O–H groups in total. The van der Waals surface area contributed by atoms with Gasteiger partial charge in [0.15, 0.2) is 6.29 Å². The molecule has 0 spiro atoms. The summed E-state index contributed by atoms with van der Waals surface area (Å²) in [5, 5.41) is 18.2. The van der Waals surface area contributed by atoms with E-state index in [9.17, 15) is 0 Å². The molecule has 6 heteroatoms. The third kappa shape index (κ3) is 3.47. The van der Waals surface area contributed by atoms with E-state index in [0.717, 1.165) is 5.56 Å². The van der Waals surface area contributed by atoms with E-state index in [1.807, 2.05) is 18.2 Å². The lowest BCUT2D eigenvalue weighted by molar-refractivity contribution is -0.0325. The van der Waals surface area contributed by atoms with Gasteiger partial charge in [0.2, 0.25) is 0 Å². The van der Waals surface area contributed by atoms with Gasteiger partial charge in [-0.1, -0.05) is 6.07 Å². The number of aliphatic hydroxyl groups excluding tert-OH is 1. The normalized spacial score (nSPS) is 10.6. The minimum absolute atomic E-state index is 0.0753. The maximum atomic E-state index is 9.12. The van der Waals surface area contributed by atoms with Crippen molar-refractivity contribution in [3.8, 4) is 0 Å². The zero-order chi connectivity index (χ0) is 12.8. The Morgan fingerprint density at radius 2 is 1.94 bits per heavy atom. The molecule has 0 unspecified atom stereocenters. The van der Waals surface area contributed by atoms with Crippen LogP contribution in [0.4, 0.5) is 5.82 Å². The van der Waals surface area contributed by atoms with Gasteiger partial charge in [0.05, 0.1) is 6.54 Å². The van der Waals surface area contributed by atoms with Crippen molar-refractivity contribution in [2.45, 2.75) is 12.8 Å². The summed E-state index contributed by atoms with van der Waals surface area (Å²) in [6, 6.07) is 5.47. The molecule has 0 bridgehead atoms. The Labute approximate surface area is 105 Å². The molecule has 2 aromatic rings. The van der Waals surface area contributed by atoms with E-state index in [4.69, 9.17) is 10.2 Å². The fraction of sp³-hybridized carbons (Fsp3) is 0.250. The van der Waals surface area contributed by atoms with Gasteiger partial charge >= 0.3 is 0 Å². The summed E-state index contributed by atoms with van der Waals surface area (Å²) in [5.41, 5.74) is 0.879. The number of hydrogen-bond donors (Lipinski definition) is 2. The monoisotopic (exact) mass is 246 g/mol. The average molecular weight is 246 g/mol. The van der Waals surface area contributed by atoms with Gasteiger partial charge in [-0.3, -0.25) is 0 Å². The van der Waals surface area contributed by atoms with E-state index < -0.39 is 6.29 Å². The Kier molecular flexibility index (Phi) is 4.16. The van der Waals surface area contributed by atoms with Crippen molar-refractivity contribution in [1.29, 1.82) is 0 Å². The third-order valence-corrected chi connectivity index (χ3v) is 2.34. The maximum Gasteiger partial charge on any atom is 0.169 e. The SMILES string of the molecule is OC(O)CN(Cc1cncnc1)c1ccccn1. The van der Waals surface area contributed by atoms with Crippen molar-refractivity contribution in [3.63, 3.8) is 0 Å². The van der Waals surface area contributed by atoms with Gasteiger partial charge in [0, 0.05) is 30.7 Å². The van der Waals surface area contributed by atoms with Crippen molar-refractivity contribution in [2.24, 2.45) is 0 Å². The predicted octanol–water partition coefficient (Wildman–Crippen LogP) is 0.189. The summed E-state index contributed by atoms with van der Waals surface area (Å²) >= 11 is 0. The van der Waals surface area contributed by atoms with E-state index in [2.05, 4.69) is 15.0 Å². The van der Waals surface area contributed by atoms with Gasteiger partial charge in [-0.25, -0.2) is 15.0 Å². The summed E-state index contributed by atoms with van der Waals surface area (Å²) in [6.45, 7) is 0.543. The summed E-state index contributed by atoms with van der Waals surface area (Å²) < 4.78 is 0. The molecular formula is C12H14N4O2. The number of hydrogen-bond acceptors (Lipinski definition) is 6. The molecule has 0 aromatic carbocycles. The summed E-state index contributed by atoms with van der Waals surface area (Å²) in [4.78, 5) is 13.8. The Hall–Kier alpha value is -2.05. The van der Waals surface area contributed by atoms with Gasteiger partial charge in [-0.2, -0.15) is 0 Å². The van der Waals surface area contributed by atoms with E-state index in [0.29, 0.717) is 12.4 Å². The molecule has 2 rings (SSSR count). The lowest BCUT2D eigenvalue weighted by Gasteiger charge is -2.24. The van der Waals surface area contributed by atoms with Crippen LogP contribution in [0.3, 0.4) is 0 Å². The molecule has 18 heavy (non-hydrogen) atoms. The van der Waals surface area contributed by atoms with E-state index >= 15 is 0 Å². The van der Waals surface area contributed by atoms with Gasteiger partial charge in [-0.15, -0.1) is 0 Å². The van der Waals surface area contributed by atoms with E-state index in [1.165, 1.54) is 6.33 Å². The van der Waals surface area contributed by atoms with Crippen LogP contribution in [0.2, 0.25) is 0 Å². The van der Waals surface area contributed by atoms with Crippen LogP contribution in [0.25, 0.3) is 0 Å². The zero-order valence-electron chi connectivity index (χ0n) is 9.72. The molecule has 0 atom stereocenters. The van der Waals surface area contributed by atoms with Crippen LogP contribution in [0.1, 0.15) is 5.56 Å². The molecule has 2 aromatic heterocycles. The van der Waals surface area contributed by atoms with Gasteiger partial charge in [0.25, 0.3) is 0 Å². The van der Waals surface area contributed by atoms with Crippen LogP contribution in [0, 0.1) is 0 Å². The highest BCUT2D eigenvalue weighted by Crippen LogP contribution is 2.13. The topological polar surface area (TPSA) is 82.4 Å². The lowest BCUT2D eigenvalue weighted by atomic mass is 10.3. The molecule has 0 saturated heterocycles. The summed E-state index contributed by atoms with van der Waals surface area (Å²) in [7, 11) is 0. The Morgan fingerprint density at radius 1 is 1.17 bits per heavy atom. The minimum atomic E-state index is -1.42. The number of aromatic nitrogens is 3. The molecule has 2 heterocycles. The summed E-state index contributed by atoms with van der Waals surface area (Å²) in [5.74, 6) is 0.675. The first kappa shape index (κ1) is 12.4. The van der Waals surface area contributed by atoms with Crippen LogP contribution in [-0.2, 0) is 6.54 Å². The standard InChI is InChI=1S/C12H14N4O2/c17-12(18)8-16(11-3-1-2-4-15-11)7-10-5-13-9-14-6-10/h1-6,9,12,17-18H,7-8H2. The number of nitrogens with zero attached hydrogens (tertiary/aromatic N) is 4. The fourth-order valence-electron chi connectivity index (χ4n) is 1.61. The number of pyridine rings is 1. The first-order valence-electron chi connectivity index (χ1n) is 5.51. The molecule has 6 nitrogen and oxygen atoms in total. The quantitative estimate of drug-likeness (QED) is 0.733. The van der Waals surface area contributed by atoms with Crippen molar-refractivity contribution < 1.29 is 10.2 Å². The molecule has 0 amide bonds. The number of rotatable bonds is 5. The minimum Gasteiger partial charge on any atom is -0.367 e. The molecule has 0 saturated carbocycles. The molecule has 0 fully saturated rings. The molecule has 0 aliphatic rings. The molecular weight excluding hydrogens is 232 g/mol. The maximum absolute atomic E-state index is 9.12. The largest absolute Gasteiger partial charge is 0.367 e. The zero-order valence-corrected chi connectivity index (χ0v) is 9.72. The van der Waals surface area contributed by atoms with E-state index in [-0.39, 0.29) is 6.54 Å². The van der Waals surface area contributed by atoms with Crippen LogP contribution < -0.4 is 4.90 Å². The van der Waals surface area contributed by atoms with Crippen molar-refractivity contribution >= 4 is 5.82 Å². The van der Waals surface area contributed by atoms with Crippen LogP contribution in [-0.4, -0.2) is 38.0 Å². The van der Waals surface area contributed by atoms with Crippen molar-refractivity contribution in [3.05, 3.63) is 48.7 Å². The van der Waals surface area contributed by atoms with Gasteiger partial charge in [0.1, 0.15) is 12.1 Å². The summed E-state index contributed by atoms with van der Waals surface area (Å²) in [6.07, 6.45) is 5.07. The third-order valence-electron chi connectivity index (χ3n) is 2.34. The predicted molar refractivity (Wildman–Crippen MR) is 65.5 cm³/mol. The van der Waals surface area contributed by atoms with Gasteiger partial charge in [-0.05, 0) is 12.1 Å². The highest BCUT2D eigenvalue weighted by Gasteiger charge is 2.12. The second kappa shape index (κ2) is 6.04. The van der Waals surface area contributed by atoms with E-state index in [1.54, 1.807) is 23.5 Å². The Morgan fingerprint density at radius 3 is 2.56 bits per heavy atom. The number of aliphatic hydroxyl groups is 2. The molecule has 0 aliphatic carbocycles. The van der Waals surface area contributed by atoms with Crippen molar-refractivity contribution in [1.82, 2.24) is 15.0 Å².